The summed E-state index contributed by atoms with van der Waals surface area (Å²) in [6.07, 6.45) is 0. The van der Waals surface area contributed by atoms with Crippen molar-refractivity contribution in [1.82, 2.24) is 10.3 Å². The number of benzene rings is 2. The summed E-state index contributed by atoms with van der Waals surface area (Å²) in [6.45, 7) is 2.33. The standard InChI is InChI=1S/C19H17N3O2/c1-11-5-4-6-12-9-14(19(24)22-17(11)12)16-10-20-18(23)13-7-2-3-8-15(13)21-16/h2-9,16,21H,10H2,1H3,(H,20,23)(H,22,24). The second-order valence-electron chi connectivity index (χ2n) is 6.05. The fourth-order valence-electron chi connectivity index (χ4n) is 3.18. The van der Waals surface area contributed by atoms with Crippen molar-refractivity contribution >= 4 is 22.5 Å². The number of aryl methyl sites for hydroxylation is 1. The van der Waals surface area contributed by atoms with Crippen LogP contribution in [0.2, 0.25) is 0 Å². The zero-order chi connectivity index (χ0) is 16.7. The Labute approximate surface area is 138 Å². The molecule has 0 radical (unpaired) electrons. The minimum absolute atomic E-state index is 0.131. The summed E-state index contributed by atoms with van der Waals surface area (Å²) >= 11 is 0. The van der Waals surface area contributed by atoms with Gasteiger partial charge >= 0.3 is 0 Å². The number of H-pyrrole nitrogens is 1. The van der Waals surface area contributed by atoms with E-state index in [1.807, 2.05) is 49.4 Å². The first kappa shape index (κ1) is 14.5. The Bertz CT molecular complexity index is 1010. The van der Waals surface area contributed by atoms with Crippen LogP contribution >= 0.6 is 0 Å². The Morgan fingerprint density at radius 2 is 1.88 bits per heavy atom. The number of fused-ring (bicyclic) bond motifs is 2. The molecule has 1 aromatic heterocycles. The molecule has 3 aromatic rings. The number of anilines is 1. The summed E-state index contributed by atoms with van der Waals surface area (Å²) in [5.41, 5.74) is 3.69. The highest BCUT2D eigenvalue weighted by Gasteiger charge is 2.23. The summed E-state index contributed by atoms with van der Waals surface area (Å²) in [7, 11) is 0. The molecule has 0 fully saturated rings. The van der Waals surface area contributed by atoms with Gasteiger partial charge in [0.25, 0.3) is 11.5 Å². The molecule has 120 valence electrons. The van der Waals surface area contributed by atoms with Crippen molar-refractivity contribution in [3.8, 4) is 0 Å². The average Bonchev–Trinajstić information content (AvgIpc) is 2.75. The van der Waals surface area contributed by atoms with Crippen LogP contribution in [0.5, 0.6) is 0 Å². The van der Waals surface area contributed by atoms with Gasteiger partial charge in [-0.25, -0.2) is 0 Å². The van der Waals surface area contributed by atoms with Gasteiger partial charge in [0.1, 0.15) is 0 Å². The Kier molecular flexibility index (Phi) is 3.34. The van der Waals surface area contributed by atoms with Crippen LogP contribution in [0.3, 0.4) is 0 Å². The van der Waals surface area contributed by atoms with Gasteiger partial charge in [-0.15, -0.1) is 0 Å². The van der Waals surface area contributed by atoms with Crippen molar-refractivity contribution in [3.63, 3.8) is 0 Å². The van der Waals surface area contributed by atoms with Crippen LogP contribution < -0.4 is 16.2 Å². The fourth-order valence-corrected chi connectivity index (χ4v) is 3.18. The third kappa shape index (κ3) is 2.34. The average molecular weight is 319 g/mol. The summed E-state index contributed by atoms with van der Waals surface area (Å²) < 4.78 is 0. The molecule has 5 nitrogen and oxygen atoms in total. The van der Waals surface area contributed by atoms with Crippen molar-refractivity contribution in [2.75, 3.05) is 11.9 Å². The lowest BCUT2D eigenvalue weighted by atomic mass is 10.0. The van der Waals surface area contributed by atoms with E-state index < -0.39 is 0 Å². The number of aromatic amines is 1. The van der Waals surface area contributed by atoms with E-state index >= 15 is 0 Å². The molecule has 0 aliphatic carbocycles. The number of hydrogen-bond acceptors (Lipinski definition) is 3. The molecule has 2 aromatic carbocycles. The number of hydrogen-bond donors (Lipinski definition) is 3. The van der Waals surface area contributed by atoms with E-state index in [-0.39, 0.29) is 17.5 Å². The van der Waals surface area contributed by atoms with Crippen molar-refractivity contribution in [1.29, 1.82) is 0 Å². The first-order valence-corrected chi connectivity index (χ1v) is 7.90. The minimum atomic E-state index is -0.286. The van der Waals surface area contributed by atoms with Crippen LogP contribution in [0, 0.1) is 6.92 Å². The first-order valence-electron chi connectivity index (χ1n) is 7.90. The van der Waals surface area contributed by atoms with Crippen molar-refractivity contribution in [2.45, 2.75) is 13.0 Å². The Balaban J connectivity index is 1.82. The number of carbonyl (C=O) groups excluding carboxylic acids is 1. The lowest BCUT2D eigenvalue weighted by Crippen LogP contribution is -2.30. The van der Waals surface area contributed by atoms with Crippen molar-refractivity contribution in [3.05, 3.63) is 75.6 Å². The van der Waals surface area contributed by atoms with Gasteiger partial charge in [-0.2, -0.15) is 0 Å². The van der Waals surface area contributed by atoms with Gasteiger partial charge in [0.15, 0.2) is 0 Å². The third-order valence-electron chi connectivity index (χ3n) is 4.46. The van der Waals surface area contributed by atoms with E-state index in [1.165, 1.54) is 0 Å². The summed E-state index contributed by atoms with van der Waals surface area (Å²) in [5.74, 6) is -0.131. The molecule has 24 heavy (non-hydrogen) atoms. The molecule has 4 rings (SSSR count). The van der Waals surface area contributed by atoms with Crippen molar-refractivity contribution in [2.24, 2.45) is 0 Å². The van der Waals surface area contributed by atoms with Gasteiger partial charge in [0, 0.05) is 17.8 Å². The molecule has 0 spiro atoms. The maximum absolute atomic E-state index is 12.6. The van der Waals surface area contributed by atoms with E-state index in [9.17, 15) is 9.59 Å². The predicted octanol–water partition coefficient (Wildman–Crippen LogP) is 2.73. The van der Waals surface area contributed by atoms with Crippen LogP contribution in [0.15, 0.2) is 53.3 Å². The number of pyridine rings is 1. The van der Waals surface area contributed by atoms with Gasteiger partial charge in [-0.1, -0.05) is 30.3 Å². The zero-order valence-corrected chi connectivity index (χ0v) is 13.2. The van der Waals surface area contributed by atoms with Gasteiger partial charge in [0.2, 0.25) is 0 Å². The fraction of sp³-hybridized carbons (Fsp3) is 0.158. The molecular formula is C19H17N3O2. The molecule has 1 aliphatic heterocycles. The number of amides is 1. The Morgan fingerprint density at radius 1 is 1.04 bits per heavy atom. The van der Waals surface area contributed by atoms with E-state index in [0.717, 1.165) is 22.2 Å². The molecule has 1 amide bonds. The quantitative estimate of drug-likeness (QED) is 0.646. The highest BCUT2D eigenvalue weighted by atomic mass is 16.1. The molecule has 0 bridgehead atoms. The van der Waals surface area contributed by atoms with Crippen LogP contribution in [-0.4, -0.2) is 17.4 Å². The van der Waals surface area contributed by atoms with Gasteiger partial charge < -0.3 is 15.6 Å². The first-order chi connectivity index (χ1) is 11.6. The van der Waals surface area contributed by atoms with E-state index in [4.69, 9.17) is 0 Å². The Hall–Kier alpha value is -3.08. The smallest absolute Gasteiger partial charge is 0.253 e. The molecule has 1 aliphatic rings. The minimum Gasteiger partial charge on any atom is -0.376 e. The van der Waals surface area contributed by atoms with Gasteiger partial charge in [-0.3, -0.25) is 9.59 Å². The largest absolute Gasteiger partial charge is 0.376 e. The maximum atomic E-state index is 12.6. The lowest BCUT2D eigenvalue weighted by molar-refractivity contribution is 0.0955. The second kappa shape index (κ2) is 5.53. The molecule has 2 heterocycles. The molecule has 5 heteroatoms. The molecule has 0 saturated heterocycles. The lowest BCUT2D eigenvalue weighted by Gasteiger charge is -2.18. The molecule has 1 unspecified atom stereocenters. The van der Waals surface area contributed by atoms with E-state index in [2.05, 4.69) is 15.6 Å². The van der Waals surface area contributed by atoms with Gasteiger partial charge in [0.05, 0.1) is 17.1 Å². The molecule has 1 atom stereocenters. The normalized spacial score (nSPS) is 16.9. The summed E-state index contributed by atoms with van der Waals surface area (Å²) in [6, 6.07) is 14.9. The van der Waals surface area contributed by atoms with E-state index in [0.29, 0.717) is 17.7 Å². The number of nitrogens with one attached hydrogen (secondary N) is 3. The van der Waals surface area contributed by atoms with Crippen LogP contribution in [0.1, 0.15) is 27.5 Å². The van der Waals surface area contributed by atoms with E-state index in [1.54, 1.807) is 6.07 Å². The number of aromatic nitrogens is 1. The second-order valence-corrected chi connectivity index (χ2v) is 6.05. The number of rotatable bonds is 1. The summed E-state index contributed by atoms with van der Waals surface area (Å²) in [4.78, 5) is 27.7. The maximum Gasteiger partial charge on any atom is 0.253 e. The van der Waals surface area contributed by atoms with Gasteiger partial charge in [-0.05, 0) is 36.1 Å². The monoisotopic (exact) mass is 319 g/mol. The van der Waals surface area contributed by atoms with Crippen molar-refractivity contribution < 1.29 is 4.79 Å². The topological polar surface area (TPSA) is 74.0 Å². The van der Waals surface area contributed by atoms with Crippen LogP contribution in [0.25, 0.3) is 10.9 Å². The molecular weight excluding hydrogens is 302 g/mol. The third-order valence-corrected chi connectivity index (χ3v) is 4.46. The molecule has 3 N–H and O–H groups in total. The summed E-state index contributed by atoms with van der Waals surface area (Å²) in [5, 5.41) is 7.19. The number of para-hydroxylation sites is 2. The highest BCUT2D eigenvalue weighted by molar-refractivity contribution is 6.00. The SMILES string of the molecule is Cc1cccc2cc(C3CNC(=O)c4ccccc4N3)c(=O)[nH]c12. The zero-order valence-electron chi connectivity index (χ0n) is 13.2. The van der Waals surface area contributed by atoms with Crippen LogP contribution in [0.4, 0.5) is 5.69 Å². The predicted molar refractivity (Wildman–Crippen MR) is 94.4 cm³/mol. The highest BCUT2D eigenvalue weighted by Crippen LogP contribution is 2.25. The van der Waals surface area contributed by atoms with Crippen LogP contribution in [-0.2, 0) is 0 Å². The molecule has 0 saturated carbocycles. The Morgan fingerprint density at radius 3 is 2.75 bits per heavy atom. The number of carbonyl (C=O) groups is 1.